The Balaban J connectivity index is 1.97. The quantitative estimate of drug-likeness (QED) is 0.205. The van der Waals surface area contributed by atoms with Crippen LogP contribution in [0.1, 0.15) is 20.8 Å². The van der Waals surface area contributed by atoms with Crippen molar-refractivity contribution in [3.63, 3.8) is 0 Å². The van der Waals surface area contributed by atoms with Crippen LogP contribution in [-0.2, 0) is 0 Å². The summed E-state index contributed by atoms with van der Waals surface area (Å²) in [5.41, 5.74) is 1.36. The van der Waals surface area contributed by atoms with Gasteiger partial charge in [-0.05, 0) is 33.7 Å². The highest BCUT2D eigenvalue weighted by Gasteiger charge is 2.53. The first-order valence-electron chi connectivity index (χ1n) is 13.1. The van der Waals surface area contributed by atoms with Crippen LogP contribution in [0.2, 0.25) is 18.1 Å². The van der Waals surface area contributed by atoms with E-state index >= 15 is 0 Å². The third-order valence-electron chi connectivity index (χ3n) is 7.80. The highest BCUT2D eigenvalue weighted by atomic mass is 28.4. The van der Waals surface area contributed by atoms with Gasteiger partial charge in [-0.1, -0.05) is 112 Å². The van der Waals surface area contributed by atoms with Crippen molar-refractivity contribution in [3.05, 3.63) is 110 Å². The summed E-state index contributed by atoms with van der Waals surface area (Å²) in [6.07, 6.45) is 5.26. The first kappa shape index (κ1) is 25.0. The smallest absolute Gasteiger partial charge is 0.246 e. The molecule has 186 valence electrons. The number of benzene rings is 3. The van der Waals surface area contributed by atoms with E-state index in [0.717, 1.165) is 29.5 Å². The molecule has 2 heterocycles. The van der Waals surface area contributed by atoms with Crippen molar-refractivity contribution in [1.82, 2.24) is 19.9 Å². The SMILES string of the molecule is CC[Si](CC)(CC)N(c1cnc2cncnc2n1)[Si](c1ccccc1)(c1ccccc1)c1ccccc1. The average molecular weight is 520 g/mol. The minimum atomic E-state index is -2.83. The molecule has 37 heavy (non-hydrogen) atoms. The summed E-state index contributed by atoms with van der Waals surface area (Å²) in [7, 11) is -4.94. The fraction of sp³-hybridized carbons (Fsp3) is 0.200. The number of fused-ring (bicyclic) bond motifs is 1. The fourth-order valence-corrected chi connectivity index (χ4v) is 18.5. The van der Waals surface area contributed by atoms with Gasteiger partial charge in [0.2, 0.25) is 8.24 Å². The molecule has 7 heteroatoms. The van der Waals surface area contributed by atoms with Crippen LogP contribution < -0.4 is 19.8 Å². The Hall–Kier alpha value is -3.69. The maximum Gasteiger partial charge on any atom is 0.246 e. The maximum atomic E-state index is 5.21. The Morgan fingerprint density at radius 3 is 1.57 bits per heavy atom. The summed E-state index contributed by atoms with van der Waals surface area (Å²) in [5.74, 6) is 0.923. The zero-order valence-electron chi connectivity index (χ0n) is 21.7. The van der Waals surface area contributed by atoms with Crippen LogP contribution in [0.25, 0.3) is 11.2 Å². The molecule has 0 saturated carbocycles. The molecule has 0 radical (unpaired) electrons. The van der Waals surface area contributed by atoms with Gasteiger partial charge >= 0.3 is 0 Å². The minimum Gasteiger partial charge on any atom is -0.397 e. The predicted molar refractivity (Wildman–Crippen MR) is 159 cm³/mol. The van der Waals surface area contributed by atoms with Crippen molar-refractivity contribution < 1.29 is 0 Å². The topological polar surface area (TPSA) is 54.8 Å². The standard InChI is InChI=1S/C30H33N5Si2/c1-4-36(5-2,6-3)35(29-23-32-28-22-31-24-33-30(28)34-29)37(25-16-10-7-11-17-25,26-18-12-8-13-19-26)27-20-14-9-15-21-27/h7-24H,4-6H2,1-3H3. The van der Waals surface area contributed by atoms with E-state index in [1.807, 2.05) is 6.20 Å². The molecule has 0 aliphatic heterocycles. The summed E-state index contributed by atoms with van der Waals surface area (Å²) in [4.78, 5) is 18.7. The Bertz CT molecular complexity index is 1340. The lowest BCUT2D eigenvalue weighted by Crippen LogP contribution is -2.83. The largest absolute Gasteiger partial charge is 0.397 e. The molecule has 0 saturated heterocycles. The third kappa shape index (κ3) is 4.28. The van der Waals surface area contributed by atoms with Crippen LogP contribution in [0.4, 0.5) is 5.82 Å². The molecule has 5 aromatic rings. The van der Waals surface area contributed by atoms with Crippen molar-refractivity contribution in [2.45, 2.75) is 38.9 Å². The minimum absolute atomic E-state index is 0.640. The second-order valence-electron chi connectivity index (χ2n) is 9.39. The molecule has 0 aliphatic rings. The molecular weight excluding hydrogens is 487 g/mol. The Morgan fingerprint density at radius 2 is 1.11 bits per heavy atom. The molecular formula is C30H33N5Si2. The maximum absolute atomic E-state index is 5.21. The summed E-state index contributed by atoms with van der Waals surface area (Å²) < 4.78 is 2.81. The Morgan fingerprint density at radius 1 is 0.622 bits per heavy atom. The number of nitrogens with zero attached hydrogens (tertiary/aromatic N) is 5. The first-order chi connectivity index (χ1) is 18.2. The van der Waals surface area contributed by atoms with Gasteiger partial charge in [-0.3, -0.25) is 0 Å². The van der Waals surface area contributed by atoms with Crippen LogP contribution in [0.15, 0.2) is 110 Å². The van der Waals surface area contributed by atoms with E-state index in [1.165, 1.54) is 15.6 Å². The van der Waals surface area contributed by atoms with Crippen LogP contribution >= 0.6 is 0 Å². The lowest BCUT2D eigenvalue weighted by molar-refractivity contribution is 1.09. The summed E-state index contributed by atoms with van der Waals surface area (Å²) in [6, 6.07) is 36.6. The molecule has 0 atom stereocenters. The van der Waals surface area contributed by atoms with Gasteiger partial charge in [0.05, 0.1) is 12.4 Å². The molecule has 0 spiro atoms. The summed E-state index contributed by atoms with van der Waals surface area (Å²) in [6.45, 7) is 7.09. The summed E-state index contributed by atoms with van der Waals surface area (Å²) in [5, 5.41) is 4.05. The second kappa shape index (κ2) is 10.7. The van der Waals surface area contributed by atoms with Gasteiger partial charge in [-0.15, -0.1) is 0 Å². The normalized spacial score (nSPS) is 12.0. The second-order valence-corrected chi connectivity index (χ2v) is 18.5. The first-order valence-corrected chi connectivity index (χ1v) is 17.6. The average Bonchev–Trinajstić information content (AvgIpc) is 2.99. The van der Waals surface area contributed by atoms with Crippen LogP contribution in [-0.4, -0.2) is 36.4 Å². The highest BCUT2D eigenvalue weighted by Crippen LogP contribution is 2.34. The monoisotopic (exact) mass is 519 g/mol. The van der Waals surface area contributed by atoms with Crippen molar-refractivity contribution in [1.29, 1.82) is 0 Å². The lowest BCUT2D eigenvalue weighted by Gasteiger charge is -2.53. The number of hydrogen-bond donors (Lipinski definition) is 0. The highest BCUT2D eigenvalue weighted by molar-refractivity contribution is 7.21. The van der Waals surface area contributed by atoms with Gasteiger partial charge in [0.1, 0.15) is 25.9 Å². The van der Waals surface area contributed by atoms with Gasteiger partial charge in [0.15, 0.2) is 5.65 Å². The van der Waals surface area contributed by atoms with Crippen molar-refractivity contribution >= 4 is 49.0 Å². The molecule has 3 aromatic carbocycles. The molecule has 5 rings (SSSR count). The van der Waals surface area contributed by atoms with E-state index in [4.69, 9.17) is 9.97 Å². The Labute approximate surface area is 221 Å². The Kier molecular flexibility index (Phi) is 7.25. The van der Waals surface area contributed by atoms with Crippen molar-refractivity contribution in [3.8, 4) is 0 Å². The van der Waals surface area contributed by atoms with Gasteiger partial charge in [0.25, 0.3) is 0 Å². The van der Waals surface area contributed by atoms with Gasteiger partial charge < -0.3 is 4.23 Å². The van der Waals surface area contributed by atoms with Crippen molar-refractivity contribution in [2.75, 3.05) is 4.23 Å². The van der Waals surface area contributed by atoms with E-state index in [1.54, 1.807) is 12.5 Å². The van der Waals surface area contributed by atoms with E-state index in [2.05, 4.69) is 126 Å². The number of rotatable bonds is 9. The van der Waals surface area contributed by atoms with Gasteiger partial charge in [-0.2, -0.15) is 0 Å². The molecule has 2 aromatic heterocycles. The van der Waals surface area contributed by atoms with Crippen LogP contribution in [0, 0.1) is 0 Å². The van der Waals surface area contributed by atoms with Gasteiger partial charge in [-0.25, -0.2) is 19.9 Å². The van der Waals surface area contributed by atoms with E-state index in [-0.39, 0.29) is 0 Å². The zero-order chi connectivity index (χ0) is 25.7. The van der Waals surface area contributed by atoms with Crippen molar-refractivity contribution in [2.24, 2.45) is 0 Å². The predicted octanol–water partition coefficient (Wildman–Crippen LogP) is 4.90. The molecule has 5 nitrogen and oxygen atoms in total. The van der Waals surface area contributed by atoms with E-state index in [9.17, 15) is 0 Å². The lowest BCUT2D eigenvalue weighted by atomic mass is 10.3. The zero-order valence-corrected chi connectivity index (χ0v) is 23.7. The third-order valence-corrected chi connectivity index (χ3v) is 19.8. The molecule has 0 fully saturated rings. The van der Waals surface area contributed by atoms with Crippen LogP contribution in [0.3, 0.4) is 0 Å². The molecule has 0 unspecified atom stereocenters. The van der Waals surface area contributed by atoms with E-state index in [0.29, 0.717) is 5.65 Å². The van der Waals surface area contributed by atoms with E-state index < -0.39 is 16.5 Å². The molecule has 0 N–H and O–H groups in total. The number of hydrogen-bond acceptors (Lipinski definition) is 5. The number of aromatic nitrogens is 4. The van der Waals surface area contributed by atoms with Gasteiger partial charge in [0, 0.05) is 0 Å². The molecule has 0 aliphatic carbocycles. The van der Waals surface area contributed by atoms with Crippen LogP contribution in [0.5, 0.6) is 0 Å². The molecule has 0 amide bonds. The number of anilines is 1. The summed E-state index contributed by atoms with van der Waals surface area (Å²) >= 11 is 0. The molecule has 0 bridgehead atoms. The fourth-order valence-electron chi connectivity index (χ4n) is 5.79.